The summed E-state index contributed by atoms with van der Waals surface area (Å²) in [5.74, 6) is 0. The van der Waals surface area contributed by atoms with Gasteiger partial charge in [-0.2, -0.15) is 0 Å². The number of hydrogen-bond donors (Lipinski definition) is 2. The van der Waals surface area contributed by atoms with E-state index in [1.54, 1.807) is 24.3 Å². The molecule has 7 heteroatoms. The first-order valence-electron chi connectivity index (χ1n) is 5.22. The quantitative estimate of drug-likeness (QED) is 0.853. The number of halogens is 1. The van der Waals surface area contributed by atoms with Crippen LogP contribution in [0.3, 0.4) is 0 Å². The molecule has 100 valence electrons. The summed E-state index contributed by atoms with van der Waals surface area (Å²) in [5.41, 5.74) is 6.00. The molecule has 2 rings (SSSR count). The van der Waals surface area contributed by atoms with Gasteiger partial charge < -0.3 is 5.73 Å². The van der Waals surface area contributed by atoms with Crippen LogP contribution in [0.25, 0.3) is 0 Å². The van der Waals surface area contributed by atoms with E-state index in [0.29, 0.717) is 9.92 Å². The van der Waals surface area contributed by atoms with Gasteiger partial charge in [0, 0.05) is 14.8 Å². The highest BCUT2D eigenvalue weighted by atomic mass is 35.5. The van der Waals surface area contributed by atoms with Crippen molar-refractivity contribution >= 4 is 39.1 Å². The van der Waals surface area contributed by atoms with E-state index >= 15 is 0 Å². The molecule has 0 spiro atoms. The van der Waals surface area contributed by atoms with E-state index in [9.17, 15) is 8.42 Å². The zero-order valence-corrected chi connectivity index (χ0v) is 12.1. The van der Waals surface area contributed by atoms with Crippen LogP contribution in [0.1, 0.15) is 0 Å². The number of nitrogen functional groups attached to an aromatic ring is 1. The van der Waals surface area contributed by atoms with Crippen molar-refractivity contribution in [2.24, 2.45) is 5.14 Å². The molecule has 0 heterocycles. The average Bonchev–Trinajstić information content (AvgIpc) is 2.33. The van der Waals surface area contributed by atoms with Crippen LogP contribution in [0.2, 0.25) is 5.02 Å². The standard InChI is InChI=1S/C12H11ClN2O2S2/c13-8-4-6-9(7-5-8)18-10-2-1-3-11(12(10)14)19(15,16)17/h1-7H,14H2,(H2,15,16,17). The van der Waals surface area contributed by atoms with Crippen LogP contribution >= 0.6 is 23.4 Å². The van der Waals surface area contributed by atoms with Gasteiger partial charge in [0.15, 0.2) is 0 Å². The molecule has 0 unspecified atom stereocenters. The van der Waals surface area contributed by atoms with E-state index in [0.717, 1.165) is 4.90 Å². The van der Waals surface area contributed by atoms with E-state index in [4.69, 9.17) is 22.5 Å². The Hall–Kier alpha value is -1.21. The maximum absolute atomic E-state index is 11.4. The van der Waals surface area contributed by atoms with E-state index in [-0.39, 0.29) is 10.6 Å². The summed E-state index contributed by atoms with van der Waals surface area (Å²) in [6.07, 6.45) is 0. The van der Waals surface area contributed by atoms with E-state index in [2.05, 4.69) is 0 Å². The van der Waals surface area contributed by atoms with Gasteiger partial charge in [-0.15, -0.1) is 0 Å². The average molecular weight is 315 g/mol. The molecule has 0 bridgehead atoms. The zero-order chi connectivity index (χ0) is 14.0. The lowest BCUT2D eigenvalue weighted by Crippen LogP contribution is -2.14. The fourth-order valence-corrected chi connectivity index (χ4v) is 3.26. The Kier molecular flexibility index (Phi) is 4.05. The molecule has 0 fully saturated rings. The molecule has 0 aromatic heterocycles. The summed E-state index contributed by atoms with van der Waals surface area (Å²) in [6.45, 7) is 0. The van der Waals surface area contributed by atoms with Crippen LogP contribution in [0.5, 0.6) is 0 Å². The first-order chi connectivity index (χ1) is 8.88. The number of sulfonamides is 1. The van der Waals surface area contributed by atoms with Crippen LogP contribution in [-0.4, -0.2) is 8.42 Å². The van der Waals surface area contributed by atoms with Crippen molar-refractivity contribution in [3.63, 3.8) is 0 Å². The number of primary sulfonamides is 1. The topological polar surface area (TPSA) is 86.2 Å². The van der Waals surface area contributed by atoms with E-state index in [1.165, 1.54) is 17.8 Å². The third-order valence-electron chi connectivity index (χ3n) is 2.37. The minimum atomic E-state index is -3.81. The van der Waals surface area contributed by atoms with Crippen LogP contribution in [0.4, 0.5) is 5.69 Å². The summed E-state index contributed by atoms with van der Waals surface area (Å²) < 4.78 is 22.7. The van der Waals surface area contributed by atoms with Gasteiger partial charge in [0.05, 0.1) is 5.69 Å². The maximum Gasteiger partial charge on any atom is 0.240 e. The smallest absolute Gasteiger partial charge is 0.240 e. The third kappa shape index (κ3) is 3.42. The van der Waals surface area contributed by atoms with Crippen molar-refractivity contribution < 1.29 is 8.42 Å². The molecule has 0 aliphatic rings. The van der Waals surface area contributed by atoms with Crippen molar-refractivity contribution in [1.82, 2.24) is 0 Å². The number of rotatable bonds is 3. The first-order valence-corrected chi connectivity index (χ1v) is 7.97. The Balaban J connectivity index is 2.39. The molecule has 0 saturated carbocycles. The Bertz CT molecular complexity index is 700. The van der Waals surface area contributed by atoms with Crippen LogP contribution in [-0.2, 0) is 10.0 Å². The van der Waals surface area contributed by atoms with Crippen molar-refractivity contribution in [2.45, 2.75) is 14.7 Å². The maximum atomic E-state index is 11.4. The van der Waals surface area contributed by atoms with Crippen molar-refractivity contribution in [3.8, 4) is 0 Å². The summed E-state index contributed by atoms with van der Waals surface area (Å²) >= 11 is 7.15. The van der Waals surface area contributed by atoms with Gasteiger partial charge in [-0.05, 0) is 36.4 Å². The SMILES string of the molecule is Nc1c(Sc2ccc(Cl)cc2)cccc1S(N)(=O)=O. The molecule has 0 aliphatic heterocycles. The van der Waals surface area contributed by atoms with Gasteiger partial charge in [-0.1, -0.05) is 29.4 Å². The third-order valence-corrected chi connectivity index (χ3v) is 4.68. The molecule has 2 aromatic rings. The second-order valence-corrected chi connectivity index (χ2v) is 6.85. The summed E-state index contributed by atoms with van der Waals surface area (Å²) in [7, 11) is -3.81. The first kappa shape index (κ1) is 14.2. The minimum Gasteiger partial charge on any atom is -0.397 e. The number of hydrogen-bond acceptors (Lipinski definition) is 4. The van der Waals surface area contributed by atoms with Gasteiger partial charge in [-0.25, -0.2) is 13.6 Å². The predicted octanol–water partition coefficient (Wildman–Crippen LogP) is 2.72. The lowest BCUT2D eigenvalue weighted by Gasteiger charge is -2.09. The zero-order valence-electron chi connectivity index (χ0n) is 9.71. The second-order valence-electron chi connectivity index (χ2n) is 3.77. The number of nitrogens with two attached hydrogens (primary N) is 2. The fourth-order valence-electron chi connectivity index (χ4n) is 1.49. The molecule has 0 saturated heterocycles. The second kappa shape index (κ2) is 5.42. The van der Waals surface area contributed by atoms with Gasteiger partial charge >= 0.3 is 0 Å². The molecule has 0 atom stereocenters. The number of anilines is 1. The van der Waals surface area contributed by atoms with Gasteiger partial charge in [0.2, 0.25) is 10.0 Å². The summed E-state index contributed by atoms with van der Waals surface area (Å²) in [4.78, 5) is 1.47. The molecule has 0 aliphatic carbocycles. The van der Waals surface area contributed by atoms with Crippen LogP contribution < -0.4 is 10.9 Å². The fraction of sp³-hybridized carbons (Fsp3) is 0. The highest BCUT2D eigenvalue weighted by molar-refractivity contribution is 7.99. The van der Waals surface area contributed by atoms with Crippen molar-refractivity contribution in [3.05, 3.63) is 47.5 Å². The predicted molar refractivity (Wildman–Crippen MR) is 77.8 cm³/mol. The number of benzene rings is 2. The molecule has 19 heavy (non-hydrogen) atoms. The minimum absolute atomic E-state index is 0.0635. The summed E-state index contributed by atoms with van der Waals surface area (Å²) in [5, 5.41) is 5.74. The normalized spacial score (nSPS) is 11.5. The Morgan fingerprint density at radius 2 is 1.68 bits per heavy atom. The Labute approximate surface area is 120 Å². The van der Waals surface area contributed by atoms with Gasteiger partial charge in [0.1, 0.15) is 4.90 Å². The van der Waals surface area contributed by atoms with Crippen molar-refractivity contribution in [2.75, 3.05) is 5.73 Å². The Morgan fingerprint density at radius 1 is 1.05 bits per heavy atom. The van der Waals surface area contributed by atoms with Gasteiger partial charge in [0.25, 0.3) is 0 Å². The molecular formula is C12H11ClN2O2S2. The Morgan fingerprint density at radius 3 is 2.26 bits per heavy atom. The van der Waals surface area contributed by atoms with Crippen molar-refractivity contribution in [1.29, 1.82) is 0 Å². The lowest BCUT2D eigenvalue weighted by atomic mass is 10.3. The summed E-state index contributed by atoms with van der Waals surface area (Å²) in [6, 6.07) is 11.9. The molecule has 4 nitrogen and oxygen atoms in total. The largest absolute Gasteiger partial charge is 0.397 e. The monoisotopic (exact) mass is 314 g/mol. The lowest BCUT2D eigenvalue weighted by molar-refractivity contribution is 0.598. The van der Waals surface area contributed by atoms with E-state index < -0.39 is 10.0 Å². The molecular weight excluding hydrogens is 304 g/mol. The highest BCUT2D eigenvalue weighted by Gasteiger charge is 2.15. The van der Waals surface area contributed by atoms with Crippen LogP contribution in [0.15, 0.2) is 57.2 Å². The molecule has 2 aromatic carbocycles. The van der Waals surface area contributed by atoms with Gasteiger partial charge in [-0.3, -0.25) is 0 Å². The number of para-hydroxylation sites is 1. The van der Waals surface area contributed by atoms with E-state index in [1.807, 2.05) is 12.1 Å². The molecule has 4 N–H and O–H groups in total. The van der Waals surface area contributed by atoms with Crippen LogP contribution in [0, 0.1) is 0 Å². The molecule has 0 radical (unpaired) electrons. The molecule has 0 amide bonds. The highest BCUT2D eigenvalue weighted by Crippen LogP contribution is 2.35.